The normalized spacial score (nSPS) is 26.7. The summed E-state index contributed by atoms with van der Waals surface area (Å²) in [5.74, 6) is 0. The molecule has 0 aromatic rings. The predicted octanol–water partition coefficient (Wildman–Crippen LogP) is 3.67. The lowest BCUT2D eigenvalue weighted by Gasteiger charge is -2.41. The quantitative estimate of drug-likeness (QED) is 0.515. The van der Waals surface area contributed by atoms with Gasteiger partial charge in [0, 0.05) is 12.6 Å². The second-order valence-electron chi connectivity index (χ2n) is 5.34. The van der Waals surface area contributed by atoms with Gasteiger partial charge in [-0.15, -0.1) is 6.58 Å². The maximum atomic E-state index is 6.07. The number of hydrogen-bond donors (Lipinski definition) is 1. The van der Waals surface area contributed by atoms with Gasteiger partial charge in [-0.3, -0.25) is 0 Å². The first-order valence-electron chi connectivity index (χ1n) is 7.21. The van der Waals surface area contributed by atoms with E-state index in [1.165, 1.54) is 38.5 Å². The SMILES string of the molecule is C=CCCCC(NCCC)C1(C)CCCCO1. The number of unbranched alkanes of at least 4 members (excludes halogenated alkanes) is 1. The molecule has 1 fully saturated rings. The molecule has 1 rings (SSSR count). The van der Waals surface area contributed by atoms with Gasteiger partial charge in [0.2, 0.25) is 0 Å². The Bertz CT molecular complexity index is 209. The number of hydrogen-bond acceptors (Lipinski definition) is 2. The lowest BCUT2D eigenvalue weighted by atomic mass is 9.85. The van der Waals surface area contributed by atoms with E-state index in [1.807, 2.05) is 6.08 Å². The molecule has 1 aliphatic heterocycles. The van der Waals surface area contributed by atoms with Crippen LogP contribution in [0.5, 0.6) is 0 Å². The molecule has 0 aliphatic carbocycles. The third-order valence-corrected chi connectivity index (χ3v) is 3.78. The van der Waals surface area contributed by atoms with E-state index in [9.17, 15) is 0 Å². The highest BCUT2D eigenvalue weighted by Crippen LogP contribution is 2.30. The smallest absolute Gasteiger partial charge is 0.0806 e. The summed E-state index contributed by atoms with van der Waals surface area (Å²) in [5, 5.41) is 3.68. The standard InChI is InChI=1S/C15H29NO/c1-4-6-7-10-14(16-12-5-2)15(3)11-8-9-13-17-15/h4,14,16H,1,5-13H2,2-3H3. The van der Waals surface area contributed by atoms with Crippen molar-refractivity contribution < 1.29 is 4.74 Å². The van der Waals surface area contributed by atoms with Crippen molar-refractivity contribution in [2.75, 3.05) is 13.2 Å². The summed E-state index contributed by atoms with van der Waals surface area (Å²) in [7, 11) is 0. The van der Waals surface area contributed by atoms with E-state index in [4.69, 9.17) is 4.74 Å². The lowest BCUT2D eigenvalue weighted by Crippen LogP contribution is -2.52. The Morgan fingerprint density at radius 2 is 2.29 bits per heavy atom. The molecule has 1 aliphatic rings. The molecule has 1 N–H and O–H groups in total. The van der Waals surface area contributed by atoms with Gasteiger partial charge < -0.3 is 10.1 Å². The minimum absolute atomic E-state index is 0.0502. The Morgan fingerprint density at radius 1 is 1.47 bits per heavy atom. The van der Waals surface area contributed by atoms with Gasteiger partial charge in [-0.05, 0) is 58.4 Å². The highest BCUT2D eigenvalue weighted by atomic mass is 16.5. The molecule has 2 unspecified atom stereocenters. The third kappa shape index (κ3) is 4.81. The molecule has 0 bridgehead atoms. The fourth-order valence-corrected chi connectivity index (χ4v) is 2.64. The molecule has 0 saturated carbocycles. The van der Waals surface area contributed by atoms with Crippen molar-refractivity contribution in [3.63, 3.8) is 0 Å². The zero-order valence-corrected chi connectivity index (χ0v) is 11.6. The maximum absolute atomic E-state index is 6.07. The average Bonchev–Trinajstić information content (AvgIpc) is 2.34. The zero-order chi connectivity index (χ0) is 12.6. The van der Waals surface area contributed by atoms with Crippen LogP contribution in [0.15, 0.2) is 12.7 Å². The van der Waals surface area contributed by atoms with Gasteiger partial charge in [-0.2, -0.15) is 0 Å². The molecular weight excluding hydrogens is 210 g/mol. The Morgan fingerprint density at radius 3 is 2.88 bits per heavy atom. The first-order valence-corrected chi connectivity index (χ1v) is 7.21. The van der Waals surface area contributed by atoms with Crippen molar-refractivity contribution in [2.24, 2.45) is 0 Å². The van der Waals surface area contributed by atoms with Crippen LogP contribution in [-0.4, -0.2) is 24.8 Å². The zero-order valence-electron chi connectivity index (χ0n) is 11.6. The van der Waals surface area contributed by atoms with Gasteiger partial charge in [-0.1, -0.05) is 13.0 Å². The van der Waals surface area contributed by atoms with Crippen LogP contribution >= 0.6 is 0 Å². The maximum Gasteiger partial charge on any atom is 0.0806 e. The number of allylic oxidation sites excluding steroid dienone is 1. The van der Waals surface area contributed by atoms with E-state index in [1.54, 1.807) is 0 Å². The van der Waals surface area contributed by atoms with Crippen LogP contribution in [-0.2, 0) is 4.74 Å². The van der Waals surface area contributed by atoms with E-state index in [-0.39, 0.29) is 5.60 Å². The largest absolute Gasteiger partial charge is 0.374 e. The molecule has 100 valence electrons. The molecular formula is C15H29NO. The summed E-state index contributed by atoms with van der Waals surface area (Å²) in [6.07, 6.45) is 10.5. The minimum atomic E-state index is 0.0502. The van der Waals surface area contributed by atoms with Crippen molar-refractivity contribution in [1.82, 2.24) is 5.32 Å². The predicted molar refractivity (Wildman–Crippen MR) is 74.3 cm³/mol. The Balaban J connectivity index is 2.49. The van der Waals surface area contributed by atoms with Crippen molar-refractivity contribution in [2.45, 2.75) is 70.4 Å². The van der Waals surface area contributed by atoms with Crippen LogP contribution in [0.3, 0.4) is 0 Å². The number of rotatable bonds is 8. The van der Waals surface area contributed by atoms with Gasteiger partial charge in [0.25, 0.3) is 0 Å². The van der Waals surface area contributed by atoms with Gasteiger partial charge in [0.05, 0.1) is 5.60 Å². The summed E-state index contributed by atoms with van der Waals surface area (Å²) in [6.45, 7) is 10.3. The monoisotopic (exact) mass is 239 g/mol. The summed E-state index contributed by atoms with van der Waals surface area (Å²) in [4.78, 5) is 0. The fraction of sp³-hybridized carbons (Fsp3) is 0.867. The van der Waals surface area contributed by atoms with Gasteiger partial charge in [0.15, 0.2) is 0 Å². The van der Waals surface area contributed by atoms with Gasteiger partial charge >= 0.3 is 0 Å². The second kappa shape index (κ2) is 7.88. The summed E-state index contributed by atoms with van der Waals surface area (Å²) in [6, 6.07) is 0.502. The average molecular weight is 239 g/mol. The summed E-state index contributed by atoms with van der Waals surface area (Å²) in [5.41, 5.74) is 0.0502. The van der Waals surface area contributed by atoms with E-state index in [0.29, 0.717) is 6.04 Å². The van der Waals surface area contributed by atoms with Crippen LogP contribution in [0, 0.1) is 0 Å². The van der Waals surface area contributed by atoms with Crippen molar-refractivity contribution >= 4 is 0 Å². The molecule has 0 radical (unpaired) electrons. The molecule has 2 heteroatoms. The fourth-order valence-electron chi connectivity index (χ4n) is 2.64. The molecule has 0 spiro atoms. The van der Waals surface area contributed by atoms with Crippen LogP contribution in [0.2, 0.25) is 0 Å². The second-order valence-corrected chi connectivity index (χ2v) is 5.34. The van der Waals surface area contributed by atoms with E-state index in [0.717, 1.165) is 19.6 Å². The van der Waals surface area contributed by atoms with Crippen molar-refractivity contribution in [3.05, 3.63) is 12.7 Å². The van der Waals surface area contributed by atoms with Gasteiger partial charge in [0.1, 0.15) is 0 Å². The van der Waals surface area contributed by atoms with E-state index in [2.05, 4.69) is 25.7 Å². The Kier molecular flexibility index (Phi) is 6.83. The summed E-state index contributed by atoms with van der Waals surface area (Å²) >= 11 is 0. The van der Waals surface area contributed by atoms with Crippen LogP contribution in [0.4, 0.5) is 0 Å². The molecule has 0 amide bonds. The van der Waals surface area contributed by atoms with Gasteiger partial charge in [-0.25, -0.2) is 0 Å². The first-order chi connectivity index (χ1) is 8.23. The first kappa shape index (κ1) is 14.7. The molecule has 0 aromatic carbocycles. The van der Waals surface area contributed by atoms with Crippen molar-refractivity contribution in [3.8, 4) is 0 Å². The van der Waals surface area contributed by atoms with Crippen LogP contribution in [0.1, 0.15) is 58.8 Å². The van der Waals surface area contributed by atoms with Crippen LogP contribution < -0.4 is 5.32 Å². The minimum Gasteiger partial charge on any atom is -0.374 e. The Hall–Kier alpha value is -0.340. The molecule has 17 heavy (non-hydrogen) atoms. The van der Waals surface area contributed by atoms with Crippen molar-refractivity contribution in [1.29, 1.82) is 0 Å². The number of nitrogens with one attached hydrogen (secondary N) is 1. The van der Waals surface area contributed by atoms with E-state index >= 15 is 0 Å². The highest BCUT2D eigenvalue weighted by molar-refractivity contribution is 4.91. The summed E-state index contributed by atoms with van der Waals surface area (Å²) < 4.78 is 6.07. The molecule has 2 atom stereocenters. The third-order valence-electron chi connectivity index (χ3n) is 3.78. The highest BCUT2D eigenvalue weighted by Gasteiger charge is 2.35. The van der Waals surface area contributed by atoms with E-state index < -0.39 is 0 Å². The molecule has 1 saturated heterocycles. The molecule has 2 nitrogen and oxygen atoms in total. The number of ether oxygens (including phenoxy) is 1. The Labute approximate surface area is 107 Å². The molecule has 1 heterocycles. The lowest BCUT2D eigenvalue weighted by molar-refractivity contribution is -0.0902. The topological polar surface area (TPSA) is 21.3 Å². The van der Waals surface area contributed by atoms with Crippen LogP contribution in [0.25, 0.3) is 0 Å². The molecule has 0 aromatic heterocycles.